The van der Waals surface area contributed by atoms with E-state index in [1.807, 2.05) is 23.1 Å². The zero-order valence-corrected chi connectivity index (χ0v) is 14.7. The Hall–Kier alpha value is -2.24. The van der Waals surface area contributed by atoms with Gasteiger partial charge in [-0.1, -0.05) is 41.9 Å². The highest BCUT2D eigenvalue weighted by atomic mass is 35.5. The number of likely N-dealkylation sites (N-methyl/N-ethyl adjacent to an activating group) is 1. The molecular weight excluding hydrogens is 340 g/mol. The van der Waals surface area contributed by atoms with Crippen molar-refractivity contribution in [1.29, 1.82) is 0 Å². The number of ether oxygens (including phenoxy) is 2. The van der Waals surface area contributed by atoms with Crippen molar-refractivity contribution in [3.8, 4) is 11.5 Å². The van der Waals surface area contributed by atoms with Crippen LogP contribution < -0.4 is 9.47 Å². The molecule has 0 N–H and O–H groups in total. The van der Waals surface area contributed by atoms with Gasteiger partial charge in [0, 0.05) is 25.2 Å². The van der Waals surface area contributed by atoms with Crippen molar-refractivity contribution in [3.63, 3.8) is 0 Å². The van der Waals surface area contributed by atoms with E-state index in [4.69, 9.17) is 21.1 Å². The molecule has 0 bridgehead atoms. The fourth-order valence-electron chi connectivity index (χ4n) is 3.38. The molecule has 1 fully saturated rings. The number of amides is 1. The number of rotatable bonds is 2. The average molecular weight is 359 g/mol. The molecule has 1 unspecified atom stereocenters. The minimum Gasteiger partial charge on any atom is -0.454 e. The third-order valence-corrected chi connectivity index (χ3v) is 4.98. The number of piperazine rings is 1. The minimum atomic E-state index is -0.0397. The second-order valence-corrected chi connectivity index (χ2v) is 6.79. The topological polar surface area (TPSA) is 42.0 Å². The van der Waals surface area contributed by atoms with Gasteiger partial charge in [0.2, 0.25) is 6.79 Å². The highest BCUT2D eigenvalue weighted by molar-refractivity contribution is 6.32. The van der Waals surface area contributed by atoms with E-state index in [0.717, 1.165) is 18.7 Å². The first kappa shape index (κ1) is 16.2. The van der Waals surface area contributed by atoms with Crippen LogP contribution in [0, 0.1) is 0 Å². The summed E-state index contributed by atoms with van der Waals surface area (Å²) in [6, 6.07) is 13.5. The van der Waals surface area contributed by atoms with Crippen molar-refractivity contribution in [2.24, 2.45) is 0 Å². The Kier molecular flexibility index (Phi) is 4.27. The molecule has 25 heavy (non-hydrogen) atoms. The van der Waals surface area contributed by atoms with Crippen LogP contribution in [0.5, 0.6) is 11.5 Å². The Labute approximate surface area is 151 Å². The van der Waals surface area contributed by atoms with Crippen molar-refractivity contribution in [3.05, 3.63) is 58.6 Å². The maximum Gasteiger partial charge on any atom is 0.254 e. The maximum atomic E-state index is 13.2. The Morgan fingerprint density at radius 1 is 1.16 bits per heavy atom. The molecule has 0 saturated carbocycles. The summed E-state index contributed by atoms with van der Waals surface area (Å²) < 4.78 is 10.7. The van der Waals surface area contributed by atoms with Gasteiger partial charge in [0.15, 0.2) is 11.5 Å². The van der Waals surface area contributed by atoms with Gasteiger partial charge in [-0.05, 0) is 24.7 Å². The summed E-state index contributed by atoms with van der Waals surface area (Å²) in [7, 11) is 2.08. The summed E-state index contributed by atoms with van der Waals surface area (Å²) in [4.78, 5) is 17.4. The molecule has 2 aliphatic rings. The van der Waals surface area contributed by atoms with Gasteiger partial charge in [-0.15, -0.1) is 0 Å². The van der Waals surface area contributed by atoms with Crippen molar-refractivity contribution >= 4 is 17.5 Å². The Morgan fingerprint density at radius 3 is 2.76 bits per heavy atom. The van der Waals surface area contributed by atoms with E-state index in [1.165, 1.54) is 0 Å². The molecule has 2 aliphatic heterocycles. The molecule has 0 aromatic heterocycles. The van der Waals surface area contributed by atoms with Crippen LogP contribution in [0.4, 0.5) is 0 Å². The fraction of sp³-hybridized carbons (Fsp3) is 0.316. The number of benzene rings is 2. The second-order valence-electron chi connectivity index (χ2n) is 6.38. The van der Waals surface area contributed by atoms with Crippen molar-refractivity contribution in [2.45, 2.75) is 6.04 Å². The average Bonchev–Trinajstić information content (AvgIpc) is 3.11. The molecule has 1 saturated heterocycles. The smallest absolute Gasteiger partial charge is 0.254 e. The number of halogens is 1. The molecular formula is C19H19ClN2O3. The van der Waals surface area contributed by atoms with Gasteiger partial charge in [0.25, 0.3) is 5.91 Å². The van der Waals surface area contributed by atoms with E-state index in [0.29, 0.717) is 28.6 Å². The fourth-order valence-corrected chi connectivity index (χ4v) is 3.64. The van der Waals surface area contributed by atoms with Gasteiger partial charge < -0.3 is 19.3 Å². The standard InChI is InChI=1S/C19H19ClN2O3/c1-21-7-8-22(16(11-21)13-5-3-2-4-6-13)19(23)14-9-15(20)18-17(10-14)24-12-25-18/h2-6,9-10,16H,7-8,11-12H2,1H3. The monoisotopic (exact) mass is 358 g/mol. The molecule has 1 amide bonds. The van der Waals surface area contributed by atoms with Crippen LogP contribution in [0.15, 0.2) is 42.5 Å². The second kappa shape index (κ2) is 6.58. The van der Waals surface area contributed by atoms with Crippen LogP contribution in [0.2, 0.25) is 5.02 Å². The van der Waals surface area contributed by atoms with Crippen molar-refractivity contribution in [1.82, 2.24) is 9.80 Å². The minimum absolute atomic E-state index is 0.0108. The lowest BCUT2D eigenvalue weighted by atomic mass is 10.0. The van der Waals surface area contributed by atoms with Crippen LogP contribution in [0.1, 0.15) is 22.0 Å². The van der Waals surface area contributed by atoms with Gasteiger partial charge in [-0.25, -0.2) is 0 Å². The third-order valence-electron chi connectivity index (χ3n) is 4.70. The summed E-state index contributed by atoms with van der Waals surface area (Å²) in [5.41, 5.74) is 1.66. The number of hydrogen-bond acceptors (Lipinski definition) is 4. The summed E-state index contributed by atoms with van der Waals surface area (Å²) in [6.07, 6.45) is 0. The van der Waals surface area contributed by atoms with Gasteiger partial charge in [0.1, 0.15) is 0 Å². The van der Waals surface area contributed by atoms with Gasteiger partial charge in [0.05, 0.1) is 11.1 Å². The van der Waals surface area contributed by atoms with Crippen LogP contribution in [0.3, 0.4) is 0 Å². The largest absolute Gasteiger partial charge is 0.454 e. The molecule has 2 aromatic carbocycles. The lowest BCUT2D eigenvalue weighted by Crippen LogP contribution is -2.49. The lowest BCUT2D eigenvalue weighted by molar-refractivity contribution is 0.0497. The van der Waals surface area contributed by atoms with Gasteiger partial charge in [-0.3, -0.25) is 4.79 Å². The quantitative estimate of drug-likeness (QED) is 0.826. The SMILES string of the molecule is CN1CCN(C(=O)c2cc(Cl)c3c(c2)OCO3)C(c2ccccc2)C1. The number of nitrogens with zero attached hydrogens (tertiary/aromatic N) is 2. The summed E-state index contributed by atoms with van der Waals surface area (Å²) in [6.45, 7) is 2.44. The van der Waals surface area contributed by atoms with E-state index in [2.05, 4.69) is 24.1 Å². The Bertz CT molecular complexity index is 797. The first-order valence-electron chi connectivity index (χ1n) is 8.27. The predicted octanol–water partition coefficient (Wildman–Crippen LogP) is 3.20. The number of carbonyl (C=O) groups is 1. The van der Waals surface area contributed by atoms with E-state index in [1.54, 1.807) is 12.1 Å². The van der Waals surface area contributed by atoms with E-state index in [9.17, 15) is 4.79 Å². The van der Waals surface area contributed by atoms with Gasteiger partial charge in [-0.2, -0.15) is 0 Å². The normalized spacial score (nSPS) is 19.9. The molecule has 6 heteroatoms. The molecule has 0 aliphatic carbocycles. The van der Waals surface area contributed by atoms with E-state index in [-0.39, 0.29) is 18.7 Å². The van der Waals surface area contributed by atoms with Crippen molar-refractivity contribution < 1.29 is 14.3 Å². The number of hydrogen-bond donors (Lipinski definition) is 0. The molecule has 1 atom stereocenters. The molecule has 0 spiro atoms. The van der Waals surface area contributed by atoms with Crippen molar-refractivity contribution in [2.75, 3.05) is 33.5 Å². The summed E-state index contributed by atoms with van der Waals surface area (Å²) in [5, 5.41) is 0.406. The number of fused-ring (bicyclic) bond motifs is 1. The number of carbonyl (C=O) groups excluding carboxylic acids is 1. The Balaban J connectivity index is 1.67. The van der Waals surface area contributed by atoms with Crippen LogP contribution in [0.25, 0.3) is 0 Å². The highest BCUT2D eigenvalue weighted by Gasteiger charge is 2.32. The third kappa shape index (κ3) is 3.05. The summed E-state index contributed by atoms with van der Waals surface area (Å²) in [5.74, 6) is 1.000. The maximum absolute atomic E-state index is 13.2. The predicted molar refractivity (Wildman–Crippen MR) is 95.3 cm³/mol. The van der Waals surface area contributed by atoms with Gasteiger partial charge >= 0.3 is 0 Å². The molecule has 5 nitrogen and oxygen atoms in total. The molecule has 2 heterocycles. The summed E-state index contributed by atoms with van der Waals surface area (Å²) >= 11 is 6.25. The molecule has 0 radical (unpaired) electrons. The van der Waals surface area contributed by atoms with E-state index >= 15 is 0 Å². The first-order valence-corrected chi connectivity index (χ1v) is 8.65. The highest BCUT2D eigenvalue weighted by Crippen LogP contribution is 2.40. The molecule has 2 aromatic rings. The lowest BCUT2D eigenvalue weighted by Gasteiger charge is -2.40. The zero-order valence-electron chi connectivity index (χ0n) is 13.9. The van der Waals surface area contributed by atoms with Crippen LogP contribution >= 0.6 is 11.6 Å². The van der Waals surface area contributed by atoms with Crippen LogP contribution in [-0.2, 0) is 0 Å². The Morgan fingerprint density at radius 2 is 1.96 bits per heavy atom. The molecule has 130 valence electrons. The van der Waals surface area contributed by atoms with E-state index < -0.39 is 0 Å². The first-order chi connectivity index (χ1) is 12.1. The zero-order chi connectivity index (χ0) is 17.4. The van der Waals surface area contributed by atoms with Crippen LogP contribution in [-0.4, -0.2) is 49.2 Å². The molecule has 4 rings (SSSR count).